The number of anilines is 1. The first kappa shape index (κ1) is 21.2. The molecule has 2 heterocycles. The van der Waals surface area contributed by atoms with Gasteiger partial charge in [-0.3, -0.25) is 9.78 Å². The maximum Gasteiger partial charge on any atom is 0.253 e. The minimum absolute atomic E-state index is 0.255. The lowest BCUT2D eigenvalue weighted by Crippen LogP contribution is -2.16. The highest BCUT2D eigenvalue weighted by atomic mass is 35.5. The van der Waals surface area contributed by atoms with Crippen LogP contribution in [0.3, 0.4) is 0 Å². The molecule has 0 aliphatic carbocycles. The van der Waals surface area contributed by atoms with E-state index in [1.807, 2.05) is 24.3 Å². The van der Waals surface area contributed by atoms with Crippen LogP contribution in [0.25, 0.3) is 10.9 Å². The maximum absolute atomic E-state index is 12.6. The molecule has 32 heavy (non-hydrogen) atoms. The Hall–Kier alpha value is -4.02. The van der Waals surface area contributed by atoms with Gasteiger partial charge in [-0.1, -0.05) is 17.7 Å². The molecule has 8 heteroatoms. The summed E-state index contributed by atoms with van der Waals surface area (Å²) in [6, 6.07) is 18.2. The van der Waals surface area contributed by atoms with Gasteiger partial charge in [0.25, 0.3) is 5.56 Å². The number of benzene rings is 2. The van der Waals surface area contributed by atoms with Gasteiger partial charge in [0, 0.05) is 35.4 Å². The zero-order valence-corrected chi connectivity index (χ0v) is 17.9. The van der Waals surface area contributed by atoms with Gasteiger partial charge in [-0.15, -0.1) is 0 Å². The third-order valence-electron chi connectivity index (χ3n) is 4.91. The number of nitrogens with one attached hydrogen (secondary N) is 2. The first-order valence-corrected chi connectivity index (χ1v) is 10.2. The highest BCUT2D eigenvalue weighted by Gasteiger charge is 2.11. The van der Waals surface area contributed by atoms with Gasteiger partial charge < -0.3 is 19.8 Å². The zero-order valence-electron chi connectivity index (χ0n) is 17.2. The summed E-state index contributed by atoms with van der Waals surface area (Å²) >= 11 is 6.50. The van der Waals surface area contributed by atoms with Gasteiger partial charge in [-0.05, 0) is 42.5 Å². The molecular weight excluding hydrogens is 428 g/mol. The Bertz CT molecular complexity index is 1360. The Labute approximate surface area is 189 Å². The van der Waals surface area contributed by atoms with E-state index in [2.05, 4.69) is 21.4 Å². The van der Waals surface area contributed by atoms with Crippen molar-refractivity contribution in [2.45, 2.75) is 13.2 Å². The minimum Gasteiger partial charge on any atom is -0.495 e. The number of ether oxygens (including phenoxy) is 2. The van der Waals surface area contributed by atoms with Gasteiger partial charge in [0.2, 0.25) is 0 Å². The molecule has 2 N–H and O–H groups in total. The fraction of sp³-hybridized carbons (Fsp3) is 0.125. The molecule has 4 rings (SSSR count). The molecule has 2 aromatic heterocycles. The lowest BCUT2D eigenvalue weighted by molar-refractivity contribution is 0.302. The lowest BCUT2D eigenvalue weighted by Gasteiger charge is -2.12. The topological polar surface area (TPSA) is 100 Å². The molecular formula is C24H19ClN4O3. The second kappa shape index (κ2) is 9.41. The highest BCUT2D eigenvalue weighted by molar-refractivity contribution is 6.36. The highest BCUT2D eigenvalue weighted by Crippen LogP contribution is 2.32. The van der Waals surface area contributed by atoms with E-state index in [9.17, 15) is 4.79 Å². The summed E-state index contributed by atoms with van der Waals surface area (Å²) < 4.78 is 11.0. The van der Waals surface area contributed by atoms with Crippen molar-refractivity contribution < 1.29 is 9.47 Å². The van der Waals surface area contributed by atoms with E-state index in [-0.39, 0.29) is 18.7 Å². The van der Waals surface area contributed by atoms with Crippen LogP contribution < -0.4 is 20.3 Å². The molecule has 0 unspecified atom stereocenters. The van der Waals surface area contributed by atoms with Crippen LogP contribution in [0.2, 0.25) is 5.02 Å². The molecule has 0 saturated heterocycles. The van der Waals surface area contributed by atoms with Crippen LogP contribution in [0, 0.1) is 11.3 Å². The summed E-state index contributed by atoms with van der Waals surface area (Å²) in [6.07, 6.45) is 1.70. The number of aromatic amines is 1. The number of rotatable bonds is 7. The number of halogens is 1. The number of aromatic nitrogens is 2. The molecule has 160 valence electrons. The van der Waals surface area contributed by atoms with Crippen LogP contribution in [-0.4, -0.2) is 17.1 Å². The molecule has 0 aliphatic heterocycles. The van der Waals surface area contributed by atoms with E-state index in [0.29, 0.717) is 33.2 Å². The summed E-state index contributed by atoms with van der Waals surface area (Å²) in [5.74, 6) is 0.936. The molecule has 4 aromatic rings. The zero-order chi connectivity index (χ0) is 22.5. The van der Waals surface area contributed by atoms with Gasteiger partial charge in [0.15, 0.2) is 0 Å². The Kier molecular flexibility index (Phi) is 6.24. The molecule has 0 aliphatic rings. The number of hydrogen-bond acceptors (Lipinski definition) is 6. The maximum atomic E-state index is 12.6. The standard InChI is InChI=1S/C24H19ClN4O3/c1-31-21-11-18(7-5-16(21)12-26)28-13-17-10-15-6-8-20(22(25)23(15)29-24(17)30)32-14-19-4-2-3-9-27-19/h2-11,28H,13-14H2,1H3,(H,29,30). The van der Waals surface area contributed by atoms with E-state index < -0.39 is 0 Å². The minimum atomic E-state index is -0.255. The number of nitriles is 1. The fourth-order valence-electron chi connectivity index (χ4n) is 3.24. The summed E-state index contributed by atoms with van der Waals surface area (Å²) in [6.45, 7) is 0.558. The molecule has 0 amide bonds. The van der Waals surface area contributed by atoms with Crippen molar-refractivity contribution in [2.75, 3.05) is 12.4 Å². The quantitative estimate of drug-likeness (QED) is 0.428. The first-order valence-electron chi connectivity index (χ1n) is 9.78. The summed E-state index contributed by atoms with van der Waals surface area (Å²) in [4.78, 5) is 19.7. The molecule has 7 nitrogen and oxygen atoms in total. The summed E-state index contributed by atoms with van der Waals surface area (Å²) in [7, 11) is 1.51. The van der Waals surface area contributed by atoms with Crippen molar-refractivity contribution >= 4 is 28.2 Å². The van der Waals surface area contributed by atoms with Gasteiger partial charge in [-0.25, -0.2) is 0 Å². The van der Waals surface area contributed by atoms with E-state index >= 15 is 0 Å². The van der Waals surface area contributed by atoms with Crippen LogP contribution in [0.5, 0.6) is 11.5 Å². The number of hydrogen-bond donors (Lipinski definition) is 2. The normalized spacial score (nSPS) is 10.5. The molecule has 0 saturated carbocycles. The fourth-order valence-corrected chi connectivity index (χ4v) is 3.51. The van der Waals surface area contributed by atoms with Crippen LogP contribution in [0.1, 0.15) is 16.8 Å². The molecule has 0 bridgehead atoms. The number of H-pyrrole nitrogens is 1. The number of methoxy groups -OCH3 is 1. The first-order chi connectivity index (χ1) is 15.6. The lowest BCUT2D eigenvalue weighted by atomic mass is 10.1. The second-order valence-electron chi connectivity index (χ2n) is 6.96. The third-order valence-corrected chi connectivity index (χ3v) is 5.28. The largest absolute Gasteiger partial charge is 0.495 e. The van der Waals surface area contributed by atoms with Gasteiger partial charge in [0.1, 0.15) is 29.2 Å². The molecule has 0 atom stereocenters. The van der Waals surface area contributed by atoms with Crippen molar-refractivity contribution in [2.24, 2.45) is 0 Å². The van der Waals surface area contributed by atoms with Gasteiger partial charge in [0.05, 0.1) is 23.9 Å². The molecule has 2 aromatic carbocycles. The van der Waals surface area contributed by atoms with Crippen LogP contribution in [-0.2, 0) is 13.2 Å². The van der Waals surface area contributed by atoms with Crippen molar-refractivity contribution in [3.63, 3.8) is 0 Å². The van der Waals surface area contributed by atoms with Crippen molar-refractivity contribution in [3.8, 4) is 17.6 Å². The molecule has 0 spiro atoms. The predicted molar refractivity (Wildman–Crippen MR) is 123 cm³/mol. The van der Waals surface area contributed by atoms with Crippen LogP contribution in [0.15, 0.2) is 65.6 Å². The van der Waals surface area contributed by atoms with E-state index in [0.717, 1.165) is 16.8 Å². The van der Waals surface area contributed by atoms with Crippen molar-refractivity contribution in [3.05, 3.63) is 93.0 Å². The Morgan fingerprint density at radius 1 is 1.16 bits per heavy atom. The van der Waals surface area contributed by atoms with E-state index in [4.69, 9.17) is 26.3 Å². The Morgan fingerprint density at radius 3 is 2.78 bits per heavy atom. The van der Waals surface area contributed by atoms with Crippen molar-refractivity contribution in [1.29, 1.82) is 5.26 Å². The van der Waals surface area contributed by atoms with Gasteiger partial charge >= 0.3 is 0 Å². The average Bonchev–Trinajstić information content (AvgIpc) is 2.83. The molecule has 0 radical (unpaired) electrons. The third kappa shape index (κ3) is 4.51. The monoisotopic (exact) mass is 446 g/mol. The van der Waals surface area contributed by atoms with Crippen LogP contribution >= 0.6 is 11.6 Å². The Balaban J connectivity index is 1.54. The average molecular weight is 447 g/mol. The predicted octanol–water partition coefficient (Wildman–Crippen LogP) is 4.65. The molecule has 0 fully saturated rings. The van der Waals surface area contributed by atoms with Crippen LogP contribution in [0.4, 0.5) is 5.69 Å². The summed E-state index contributed by atoms with van der Waals surface area (Å²) in [5.41, 5.74) is 2.75. The Morgan fingerprint density at radius 2 is 2.03 bits per heavy atom. The SMILES string of the molecule is COc1cc(NCc2cc3ccc(OCc4ccccn4)c(Cl)c3[nH]c2=O)ccc1C#N. The number of nitrogens with zero attached hydrogens (tertiary/aromatic N) is 2. The smallest absolute Gasteiger partial charge is 0.253 e. The summed E-state index contributed by atoms with van der Waals surface area (Å²) in [5, 5.41) is 13.4. The number of fused-ring (bicyclic) bond motifs is 1. The van der Waals surface area contributed by atoms with E-state index in [1.54, 1.807) is 36.5 Å². The van der Waals surface area contributed by atoms with E-state index in [1.165, 1.54) is 7.11 Å². The number of pyridine rings is 2. The second-order valence-corrected chi connectivity index (χ2v) is 7.33. The van der Waals surface area contributed by atoms with Gasteiger partial charge in [-0.2, -0.15) is 5.26 Å². The van der Waals surface area contributed by atoms with Crippen molar-refractivity contribution in [1.82, 2.24) is 9.97 Å².